The maximum atomic E-state index is 5.22. The van der Waals surface area contributed by atoms with Gasteiger partial charge in [-0.15, -0.1) is 12.0 Å². The summed E-state index contributed by atoms with van der Waals surface area (Å²) in [7, 11) is -1.30. The van der Waals surface area contributed by atoms with Crippen LogP contribution >= 0.6 is 0 Å². The molecule has 0 N–H and O–H groups in total. The Hall–Kier alpha value is -1.51. The fraction of sp³-hybridized carbons (Fsp3) is 0.250. The Labute approximate surface area is 86.6 Å². The lowest BCUT2D eigenvalue weighted by atomic mass is 10.3. The minimum Gasteiger partial charge on any atom is -0.247 e. The molecule has 0 saturated carbocycles. The van der Waals surface area contributed by atoms with E-state index in [9.17, 15) is 0 Å². The Morgan fingerprint density at radius 2 is 2.00 bits per heavy atom. The van der Waals surface area contributed by atoms with Crippen LogP contribution in [0.5, 0.6) is 0 Å². The summed E-state index contributed by atoms with van der Waals surface area (Å²) in [5.41, 5.74) is 4.84. The molecule has 0 spiro atoms. The molecule has 14 heavy (non-hydrogen) atoms. The van der Waals surface area contributed by atoms with E-state index in [4.69, 9.17) is 6.42 Å². The van der Waals surface area contributed by atoms with Crippen molar-refractivity contribution >= 4 is 8.07 Å². The first kappa shape index (κ1) is 10.6. The molecular formula is C12H13NSi. The van der Waals surface area contributed by atoms with Gasteiger partial charge in [-0.05, 0) is 12.1 Å². The topological polar surface area (TPSA) is 12.9 Å². The smallest absolute Gasteiger partial charge is 0.129 e. The Morgan fingerprint density at radius 1 is 1.29 bits per heavy atom. The third-order valence-electron chi connectivity index (χ3n) is 1.50. The lowest BCUT2D eigenvalue weighted by Gasteiger charge is -2.02. The summed E-state index contributed by atoms with van der Waals surface area (Å²) in [6, 6.07) is 3.73. The zero-order valence-corrected chi connectivity index (χ0v) is 9.76. The first-order valence-electron chi connectivity index (χ1n) is 4.47. The lowest BCUT2D eigenvalue weighted by molar-refractivity contribution is 1.27. The number of rotatable bonds is 0. The fourth-order valence-electron chi connectivity index (χ4n) is 0.805. The van der Waals surface area contributed by atoms with E-state index in [1.165, 1.54) is 0 Å². The number of hydrogen-bond acceptors (Lipinski definition) is 1. The second-order valence-electron chi connectivity index (χ2n) is 4.08. The van der Waals surface area contributed by atoms with Gasteiger partial charge in [0, 0.05) is 11.8 Å². The van der Waals surface area contributed by atoms with Crippen molar-refractivity contribution in [1.82, 2.24) is 4.98 Å². The maximum Gasteiger partial charge on any atom is 0.129 e. The summed E-state index contributed by atoms with van der Waals surface area (Å²) in [6.45, 7) is 6.61. The normalized spacial score (nSPS) is 9.86. The molecule has 0 aromatic carbocycles. The van der Waals surface area contributed by atoms with Crippen LogP contribution in [0.3, 0.4) is 0 Å². The molecular weight excluding hydrogens is 186 g/mol. The van der Waals surface area contributed by atoms with Gasteiger partial charge in [0.15, 0.2) is 0 Å². The van der Waals surface area contributed by atoms with Crippen molar-refractivity contribution in [2.24, 2.45) is 0 Å². The van der Waals surface area contributed by atoms with Gasteiger partial charge >= 0.3 is 0 Å². The predicted molar refractivity (Wildman–Crippen MR) is 62.4 cm³/mol. The molecule has 70 valence electrons. The molecule has 1 nitrogen and oxygen atoms in total. The molecule has 0 aliphatic rings. The average Bonchev–Trinajstić information content (AvgIpc) is 2.14. The molecule has 0 amide bonds. The Morgan fingerprint density at radius 3 is 2.43 bits per heavy atom. The molecule has 1 aromatic heterocycles. The van der Waals surface area contributed by atoms with Gasteiger partial charge in [-0.1, -0.05) is 31.5 Å². The van der Waals surface area contributed by atoms with E-state index >= 15 is 0 Å². The first-order chi connectivity index (χ1) is 6.51. The van der Waals surface area contributed by atoms with Crippen LogP contribution in [0.25, 0.3) is 0 Å². The summed E-state index contributed by atoms with van der Waals surface area (Å²) >= 11 is 0. The number of terminal acetylenes is 1. The molecule has 0 saturated heterocycles. The van der Waals surface area contributed by atoms with Crippen LogP contribution in [-0.2, 0) is 0 Å². The average molecular weight is 199 g/mol. The highest BCUT2D eigenvalue weighted by atomic mass is 28.3. The highest BCUT2D eigenvalue weighted by Gasteiger charge is 2.07. The molecule has 0 aliphatic carbocycles. The summed E-state index contributed by atoms with van der Waals surface area (Å²) in [5.74, 6) is 5.59. The van der Waals surface area contributed by atoms with E-state index in [0.717, 1.165) is 11.3 Å². The van der Waals surface area contributed by atoms with Gasteiger partial charge in [0.2, 0.25) is 0 Å². The number of pyridine rings is 1. The van der Waals surface area contributed by atoms with Crippen LogP contribution < -0.4 is 0 Å². The molecule has 0 bridgehead atoms. The quantitative estimate of drug-likeness (QED) is 0.461. The van der Waals surface area contributed by atoms with Gasteiger partial charge in [-0.2, -0.15) is 0 Å². The molecule has 1 rings (SSSR count). The van der Waals surface area contributed by atoms with Crippen molar-refractivity contribution in [1.29, 1.82) is 0 Å². The lowest BCUT2D eigenvalue weighted by Crippen LogP contribution is -2.16. The number of aromatic nitrogens is 1. The van der Waals surface area contributed by atoms with E-state index in [2.05, 4.69) is 42.0 Å². The molecule has 0 radical (unpaired) electrons. The van der Waals surface area contributed by atoms with Crippen molar-refractivity contribution in [3.8, 4) is 23.8 Å². The van der Waals surface area contributed by atoms with Crippen molar-refractivity contribution in [2.45, 2.75) is 19.6 Å². The van der Waals surface area contributed by atoms with Crippen molar-refractivity contribution < 1.29 is 0 Å². The van der Waals surface area contributed by atoms with E-state index in [-0.39, 0.29) is 0 Å². The first-order valence-corrected chi connectivity index (χ1v) is 7.97. The molecule has 1 aromatic rings. The third-order valence-corrected chi connectivity index (χ3v) is 2.37. The molecule has 2 heteroatoms. The van der Waals surface area contributed by atoms with Crippen LogP contribution in [0, 0.1) is 23.8 Å². The number of nitrogens with zero attached hydrogens (tertiary/aromatic N) is 1. The van der Waals surface area contributed by atoms with Crippen molar-refractivity contribution in [2.75, 3.05) is 0 Å². The van der Waals surface area contributed by atoms with E-state index < -0.39 is 8.07 Å². The number of hydrogen-bond donors (Lipinski definition) is 0. The maximum absolute atomic E-state index is 5.22. The third kappa shape index (κ3) is 3.47. The van der Waals surface area contributed by atoms with Gasteiger partial charge in [-0.3, -0.25) is 0 Å². The highest BCUT2D eigenvalue weighted by molar-refractivity contribution is 6.83. The van der Waals surface area contributed by atoms with Crippen LogP contribution in [0.1, 0.15) is 11.3 Å². The minimum absolute atomic E-state index is 0.795. The fourth-order valence-corrected chi connectivity index (χ4v) is 1.31. The Balaban J connectivity index is 2.89. The highest BCUT2D eigenvalue weighted by Crippen LogP contribution is 2.00. The second-order valence-corrected chi connectivity index (χ2v) is 8.83. The van der Waals surface area contributed by atoms with E-state index in [1.54, 1.807) is 6.20 Å². The van der Waals surface area contributed by atoms with Gasteiger partial charge in [0.1, 0.15) is 13.8 Å². The Bertz CT molecular complexity index is 407. The minimum atomic E-state index is -1.30. The molecule has 0 aliphatic heterocycles. The summed E-state index contributed by atoms with van der Waals surface area (Å²) in [6.07, 6.45) is 6.90. The second kappa shape index (κ2) is 4.13. The monoisotopic (exact) mass is 199 g/mol. The summed E-state index contributed by atoms with van der Waals surface area (Å²) in [4.78, 5) is 4.16. The van der Waals surface area contributed by atoms with Crippen molar-refractivity contribution in [3.05, 3.63) is 29.6 Å². The van der Waals surface area contributed by atoms with Crippen LogP contribution in [0.15, 0.2) is 18.3 Å². The predicted octanol–water partition coefficient (Wildman–Crippen LogP) is 2.29. The molecule has 0 atom stereocenters. The van der Waals surface area contributed by atoms with Gasteiger partial charge < -0.3 is 0 Å². The Kier molecular flexibility index (Phi) is 3.12. The van der Waals surface area contributed by atoms with Crippen LogP contribution in [0.4, 0.5) is 0 Å². The standard InChI is InChI=1S/C12H13NSi/c1-5-11-6-7-12(13-10-11)8-9-14(2,3)4/h1,6-7,10H,2-4H3. The zero-order chi connectivity index (χ0) is 10.6. The molecule has 0 fully saturated rings. The van der Waals surface area contributed by atoms with E-state index in [0.29, 0.717) is 0 Å². The van der Waals surface area contributed by atoms with Gasteiger partial charge in [-0.25, -0.2) is 4.98 Å². The van der Waals surface area contributed by atoms with Gasteiger partial charge in [0.05, 0.1) is 0 Å². The molecule has 1 heterocycles. The SMILES string of the molecule is C#Cc1ccc(C#C[Si](C)(C)C)nc1. The molecule has 0 unspecified atom stereocenters. The van der Waals surface area contributed by atoms with Gasteiger partial charge in [0.25, 0.3) is 0 Å². The van der Waals surface area contributed by atoms with Crippen molar-refractivity contribution in [3.63, 3.8) is 0 Å². The largest absolute Gasteiger partial charge is 0.247 e. The summed E-state index contributed by atoms with van der Waals surface area (Å²) < 4.78 is 0. The zero-order valence-electron chi connectivity index (χ0n) is 8.76. The van der Waals surface area contributed by atoms with E-state index in [1.807, 2.05) is 12.1 Å². The van der Waals surface area contributed by atoms with Crippen LogP contribution in [0.2, 0.25) is 19.6 Å². The summed E-state index contributed by atoms with van der Waals surface area (Å²) in [5, 5.41) is 0. The van der Waals surface area contributed by atoms with Crippen LogP contribution in [-0.4, -0.2) is 13.1 Å².